The zero-order chi connectivity index (χ0) is 40.1. The van der Waals surface area contributed by atoms with Crippen molar-refractivity contribution in [1.82, 2.24) is 9.80 Å². The summed E-state index contributed by atoms with van der Waals surface area (Å²) in [7, 11) is 3.07. The van der Waals surface area contributed by atoms with Crippen LogP contribution >= 0.6 is 23.5 Å². The van der Waals surface area contributed by atoms with Crippen LogP contribution in [0.1, 0.15) is 43.0 Å². The van der Waals surface area contributed by atoms with Crippen LogP contribution in [0.4, 0.5) is 13.2 Å². The van der Waals surface area contributed by atoms with Crippen LogP contribution in [0, 0.1) is 0 Å². The number of carbonyl (C=O) groups excluding carboxylic acids is 2. The highest BCUT2D eigenvalue weighted by atomic mass is 32.2. The fraction of sp³-hybridized carbons (Fsp3) is 0.366. The lowest BCUT2D eigenvalue weighted by Gasteiger charge is -2.54. The molecule has 0 radical (unpaired) electrons. The highest BCUT2D eigenvalue weighted by Gasteiger charge is 2.71. The van der Waals surface area contributed by atoms with Crippen LogP contribution in [0.2, 0.25) is 0 Å². The predicted molar refractivity (Wildman–Crippen MR) is 208 cm³/mol. The number of methoxy groups -OCH3 is 2. The normalized spacial score (nSPS) is 19.6. The second-order valence-electron chi connectivity index (χ2n) is 12.6. The van der Waals surface area contributed by atoms with Gasteiger partial charge in [0.05, 0.1) is 56.7 Å². The molecule has 15 heteroatoms. The number of carbonyl (C=O) groups is 2. The molecule has 6 rings (SSSR count). The number of hydrogen-bond donors (Lipinski definition) is 0. The molecule has 2 amide bonds. The molecule has 2 aliphatic heterocycles. The minimum atomic E-state index is -4.88. The molecular weight excluding hydrogens is 770 g/mol. The molecule has 0 bridgehead atoms. The fourth-order valence-electron chi connectivity index (χ4n) is 7.31. The number of ether oxygens (including phenoxy) is 6. The summed E-state index contributed by atoms with van der Waals surface area (Å²) in [4.78, 5) is 29.8. The molecular formula is C41H43F3N2O8S2. The van der Waals surface area contributed by atoms with Gasteiger partial charge in [0, 0.05) is 13.1 Å². The van der Waals surface area contributed by atoms with Gasteiger partial charge in [0.2, 0.25) is 11.8 Å². The molecule has 0 saturated carbocycles. The molecule has 2 heterocycles. The van der Waals surface area contributed by atoms with Crippen LogP contribution < -0.4 is 28.4 Å². The first-order chi connectivity index (χ1) is 27.0. The van der Waals surface area contributed by atoms with Gasteiger partial charge in [-0.15, -0.1) is 36.7 Å². The van der Waals surface area contributed by atoms with E-state index in [1.807, 2.05) is 51.1 Å². The van der Waals surface area contributed by atoms with Gasteiger partial charge >= 0.3 is 6.36 Å². The van der Waals surface area contributed by atoms with E-state index in [0.29, 0.717) is 52.0 Å². The summed E-state index contributed by atoms with van der Waals surface area (Å²) in [5.41, 5.74) is 2.31. The molecule has 56 heavy (non-hydrogen) atoms. The van der Waals surface area contributed by atoms with Gasteiger partial charge in [-0.05, 0) is 80.4 Å². The number of alkyl halides is 3. The Kier molecular flexibility index (Phi) is 12.4. The summed E-state index contributed by atoms with van der Waals surface area (Å²) in [5, 5.41) is 0. The van der Waals surface area contributed by atoms with Crippen LogP contribution in [0.3, 0.4) is 0 Å². The average molecular weight is 813 g/mol. The van der Waals surface area contributed by atoms with Crippen molar-refractivity contribution >= 4 is 35.3 Å². The number of nitrogens with zero attached hydrogens (tertiary/aromatic N) is 2. The lowest BCUT2D eigenvalue weighted by molar-refractivity contribution is -0.274. The van der Waals surface area contributed by atoms with Gasteiger partial charge in [0.25, 0.3) is 0 Å². The van der Waals surface area contributed by atoms with Crippen molar-refractivity contribution in [3.8, 4) is 34.5 Å². The smallest absolute Gasteiger partial charge is 0.496 e. The zero-order valence-corrected chi connectivity index (χ0v) is 33.3. The molecule has 0 N–H and O–H groups in total. The minimum Gasteiger partial charge on any atom is -0.496 e. The third-order valence-electron chi connectivity index (χ3n) is 9.40. The first-order valence-electron chi connectivity index (χ1n) is 18.0. The Hall–Kier alpha value is -4.89. The standard InChI is InChI=1S/C41H43F3N2O8S2/c1-6-51-29-19-15-27(16-20-29)23-45-35(47)25-55-39(45,37-31(49-4)11-9-13-33(37)52-7-2)40(38-32(50-5)12-10-14-34(38)53-8-3)46(36(48)26-56-40)24-28-17-21-30(22-18-28)54-41(42,43)44/h9-22H,6-8,23-26H2,1-5H3. The average Bonchev–Trinajstić information content (AvgIpc) is 3.68. The van der Waals surface area contributed by atoms with Gasteiger partial charge in [-0.1, -0.05) is 36.4 Å². The maximum Gasteiger partial charge on any atom is 0.573 e. The van der Waals surface area contributed by atoms with Gasteiger partial charge in [-0.3, -0.25) is 9.59 Å². The van der Waals surface area contributed by atoms with E-state index in [1.165, 1.54) is 62.0 Å². The SMILES string of the molecule is CCOc1ccc(CN2C(=O)CSC2(c2c(OC)cccc2OCC)C2(c3c(OC)cccc3OCC)SCC(=O)N2Cc2ccc(OC(F)(F)F)cc2)cc1. The van der Waals surface area contributed by atoms with Crippen molar-refractivity contribution in [2.45, 2.75) is 50.0 Å². The Labute approximate surface area is 332 Å². The van der Waals surface area contributed by atoms with Gasteiger partial charge < -0.3 is 38.2 Å². The highest BCUT2D eigenvalue weighted by molar-refractivity contribution is 8.05. The molecule has 2 atom stereocenters. The molecule has 4 aromatic rings. The Morgan fingerprint density at radius 1 is 0.589 bits per heavy atom. The van der Waals surface area contributed by atoms with Gasteiger partial charge in [-0.2, -0.15) is 0 Å². The number of thioether (sulfide) groups is 2. The van der Waals surface area contributed by atoms with E-state index in [-0.39, 0.29) is 49.6 Å². The van der Waals surface area contributed by atoms with Crippen molar-refractivity contribution in [3.63, 3.8) is 0 Å². The van der Waals surface area contributed by atoms with E-state index in [9.17, 15) is 22.8 Å². The molecule has 2 unspecified atom stereocenters. The lowest BCUT2D eigenvalue weighted by atomic mass is 9.85. The van der Waals surface area contributed by atoms with Gasteiger partial charge in [0.1, 0.15) is 34.5 Å². The van der Waals surface area contributed by atoms with E-state index in [1.54, 1.807) is 40.1 Å². The molecule has 2 fully saturated rings. The van der Waals surface area contributed by atoms with Crippen LogP contribution in [0.5, 0.6) is 34.5 Å². The zero-order valence-electron chi connectivity index (χ0n) is 31.6. The number of amides is 2. The quantitative estimate of drug-likeness (QED) is 0.110. The minimum absolute atomic E-state index is 0.0214. The molecule has 2 aliphatic rings. The Balaban J connectivity index is 1.70. The maximum absolute atomic E-state index is 14.7. The molecule has 4 aromatic carbocycles. The summed E-state index contributed by atoms with van der Waals surface area (Å²) in [6.07, 6.45) is -4.88. The van der Waals surface area contributed by atoms with Crippen molar-refractivity contribution in [1.29, 1.82) is 0 Å². The van der Waals surface area contributed by atoms with Crippen LogP contribution in [-0.2, 0) is 32.4 Å². The summed E-state index contributed by atoms with van der Waals surface area (Å²) < 4.78 is 74.2. The molecule has 10 nitrogen and oxygen atoms in total. The third-order valence-corrected chi connectivity index (χ3v) is 12.6. The van der Waals surface area contributed by atoms with E-state index in [4.69, 9.17) is 23.7 Å². The number of halogens is 3. The van der Waals surface area contributed by atoms with Crippen molar-refractivity contribution in [2.75, 3.05) is 45.5 Å². The van der Waals surface area contributed by atoms with Crippen molar-refractivity contribution < 1.29 is 51.2 Å². The first-order valence-corrected chi connectivity index (χ1v) is 20.0. The van der Waals surface area contributed by atoms with E-state index < -0.39 is 21.9 Å². The Morgan fingerprint density at radius 2 is 0.982 bits per heavy atom. The van der Waals surface area contributed by atoms with E-state index in [2.05, 4.69) is 4.74 Å². The summed E-state index contributed by atoms with van der Waals surface area (Å²) >= 11 is 2.66. The second-order valence-corrected chi connectivity index (χ2v) is 15.0. The Bertz CT molecular complexity index is 2020. The maximum atomic E-state index is 14.7. The number of benzene rings is 4. The van der Waals surface area contributed by atoms with E-state index >= 15 is 0 Å². The van der Waals surface area contributed by atoms with Crippen molar-refractivity contribution in [2.24, 2.45) is 0 Å². The van der Waals surface area contributed by atoms with Crippen LogP contribution in [-0.4, -0.2) is 73.5 Å². The number of hydrogen-bond acceptors (Lipinski definition) is 10. The third kappa shape index (κ3) is 7.62. The monoisotopic (exact) mass is 812 g/mol. The van der Waals surface area contributed by atoms with Gasteiger partial charge in [0.15, 0.2) is 9.74 Å². The van der Waals surface area contributed by atoms with Crippen LogP contribution in [0.15, 0.2) is 84.9 Å². The molecule has 0 aromatic heterocycles. The number of rotatable bonds is 16. The molecule has 0 aliphatic carbocycles. The molecule has 2 saturated heterocycles. The van der Waals surface area contributed by atoms with E-state index in [0.717, 1.165) is 5.56 Å². The lowest BCUT2D eigenvalue weighted by Crippen LogP contribution is -2.61. The summed E-state index contributed by atoms with van der Waals surface area (Å²) in [6.45, 7) is 6.67. The topological polar surface area (TPSA) is 96.0 Å². The van der Waals surface area contributed by atoms with Crippen molar-refractivity contribution in [3.05, 3.63) is 107 Å². The Morgan fingerprint density at radius 3 is 1.36 bits per heavy atom. The molecule has 298 valence electrons. The summed E-state index contributed by atoms with van der Waals surface area (Å²) in [5.74, 6) is 1.44. The molecule has 0 spiro atoms. The highest BCUT2D eigenvalue weighted by Crippen LogP contribution is 2.70. The summed E-state index contributed by atoms with van der Waals surface area (Å²) in [6, 6.07) is 23.7. The second kappa shape index (κ2) is 17.1. The largest absolute Gasteiger partial charge is 0.573 e. The first kappa shape index (κ1) is 40.8. The fourth-order valence-corrected chi connectivity index (χ4v) is 10.8. The van der Waals surface area contributed by atoms with Gasteiger partial charge in [-0.25, -0.2) is 0 Å². The van der Waals surface area contributed by atoms with Crippen LogP contribution in [0.25, 0.3) is 0 Å². The predicted octanol–water partition coefficient (Wildman–Crippen LogP) is 8.36.